The number of aliphatic carboxylic acids is 1. The van der Waals surface area contributed by atoms with Crippen LogP contribution in [0.25, 0.3) is 0 Å². The normalized spacial score (nSPS) is 12.4. The molecule has 1 unspecified atom stereocenters. The van der Waals surface area contributed by atoms with Crippen molar-refractivity contribution in [3.63, 3.8) is 0 Å². The fraction of sp³-hybridized carbons (Fsp3) is 0.692. The lowest BCUT2D eigenvalue weighted by Gasteiger charge is -2.12. The predicted molar refractivity (Wildman–Crippen MR) is 78.5 cm³/mol. The monoisotopic (exact) mass is 298 g/mol. The Morgan fingerprint density at radius 1 is 1.48 bits per heavy atom. The molecule has 1 heterocycles. The molecule has 0 aromatic carbocycles. The van der Waals surface area contributed by atoms with E-state index in [1.807, 2.05) is 13.8 Å². The molecular weight excluding hydrogens is 276 g/mol. The molecule has 8 nitrogen and oxygen atoms in total. The highest BCUT2D eigenvalue weighted by molar-refractivity contribution is 5.69. The van der Waals surface area contributed by atoms with Crippen LogP contribution < -0.4 is 5.32 Å². The molecule has 0 bridgehead atoms. The number of carbonyl (C=O) groups is 1. The highest BCUT2D eigenvalue weighted by Gasteiger charge is 2.26. The van der Waals surface area contributed by atoms with Crippen molar-refractivity contribution in [2.75, 3.05) is 11.9 Å². The van der Waals surface area contributed by atoms with Crippen LogP contribution in [0.4, 0.5) is 11.5 Å². The lowest BCUT2D eigenvalue weighted by atomic mass is 10.1. The Kier molecular flexibility index (Phi) is 5.69. The number of nitrogens with zero attached hydrogens (tertiary/aromatic N) is 3. The number of nitro groups is 1. The molecule has 1 atom stereocenters. The highest BCUT2D eigenvalue weighted by Crippen LogP contribution is 2.30. The molecule has 1 aromatic heterocycles. The van der Waals surface area contributed by atoms with Crippen LogP contribution in [0.2, 0.25) is 0 Å². The maximum Gasteiger partial charge on any atom is 0.333 e. The van der Waals surface area contributed by atoms with Crippen molar-refractivity contribution in [2.45, 2.75) is 46.6 Å². The van der Waals surface area contributed by atoms with E-state index in [1.165, 1.54) is 0 Å². The minimum Gasteiger partial charge on any atom is -0.481 e. The van der Waals surface area contributed by atoms with Crippen LogP contribution >= 0.6 is 0 Å². The molecule has 21 heavy (non-hydrogen) atoms. The predicted octanol–water partition coefficient (Wildman–Crippen LogP) is 2.59. The number of anilines is 1. The summed E-state index contributed by atoms with van der Waals surface area (Å²) in [4.78, 5) is 21.4. The van der Waals surface area contributed by atoms with Crippen molar-refractivity contribution < 1.29 is 14.8 Å². The Bertz CT molecular complexity index is 524. The van der Waals surface area contributed by atoms with E-state index in [0.29, 0.717) is 30.9 Å². The number of nitrogens with one attached hydrogen (secondary N) is 1. The third-order valence-corrected chi connectivity index (χ3v) is 3.25. The SMILES string of the molecule is Cc1nn(C(C)C)c(NCCCC(C)C(=O)O)c1[N+](=O)[O-]. The van der Waals surface area contributed by atoms with Gasteiger partial charge >= 0.3 is 11.7 Å². The third-order valence-electron chi connectivity index (χ3n) is 3.25. The molecule has 1 rings (SSSR count). The van der Waals surface area contributed by atoms with E-state index in [1.54, 1.807) is 18.5 Å². The van der Waals surface area contributed by atoms with Crippen LogP contribution in [0.15, 0.2) is 0 Å². The van der Waals surface area contributed by atoms with Gasteiger partial charge in [-0.05, 0) is 33.6 Å². The zero-order chi connectivity index (χ0) is 16.2. The number of aromatic nitrogens is 2. The van der Waals surface area contributed by atoms with Gasteiger partial charge in [-0.3, -0.25) is 14.9 Å². The summed E-state index contributed by atoms with van der Waals surface area (Å²) < 4.78 is 1.59. The summed E-state index contributed by atoms with van der Waals surface area (Å²) in [6.45, 7) is 7.51. The van der Waals surface area contributed by atoms with Crippen molar-refractivity contribution in [2.24, 2.45) is 5.92 Å². The Hall–Kier alpha value is -2.12. The first-order chi connectivity index (χ1) is 9.75. The van der Waals surface area contributed by atoms with Crippen molar-refractivity contribution >= 4 is 17.5 Å². The van der Waals surface area contributed by atoms with E-state index in [0.717, 1.165) is 0 Å². The van der Waals surface area contributed by atoms with Gasteiger partial charge in [-0.25, -0.2) is 4.68 Å². The van der Waals surface area contributed by atoms with Crippen molar-refractivity contribution in [1.82, 2.24) is 9.78 Å². The summed E-state index contributed by atoms with van der Waals surface area (Å²) in [5.74, 6) is -0.863. The number of hydrogen-bond acceptors (Lipinski definition) is 5. The van der Waals surface area contributed by atoms with Gasteiger partial charge < -0.3 is 10.4 Å². The summed E-state index contributed by atoms with van der Waals surface area (Å²) >= 11 is 0. The first kappa shape index (κ1) is 16.9. The molecule has 2 N–H and O–H groups in total. The van der Waals surface area contributed by atoms with E-state index in [2.05, 4.69) is 10.4 Å². The number of rotatable bonds is 8. The molecule has 0 fully saturated rings. The summed E-state index contributed by atoms with van der Waals surface area (Å²) in [6, 6.07) is -0.00200. The number of hydrogen-bond donors (Lipinski definition) is 2. The van der Waals surface area contributed by atoms with Crippen molar-refractivity contribution in [3.8, 4) is 0 Å². The smallest absolute Gasteiger partial charge is 0.333 e. The zero-order valence-electron chi connectivity index (χ0n) is 12.8. The van der Waals surface area contributed by atoms with Gasteiger partial charge in [0, 0.05) is 12.6 Å². The molecule has 0 aliphatic rings. The van der Waals surface area contributed by atoms with Crippen LogP contribution in [0.5, 0.6) is 0 Å². The van der Waals surface area contributed by atoms with Gasteiger partial charge in [0.05, 0.1) is 10.8 Å². The number of carboxylic acids is 1. The topological polar surface area (TPSA) is 110 Å². The Balaban J connectivity index is 2.77. The first-order valence-corrected chi connectivity index (χ1v) is 6.95. The molecule has 0 saturated heterocycles. The fourth-order valence-electron chi connectivity index (χ4n) is 2.03. The Labute approximate surface area is 123 Å². The molecule has 118 valence electrons. The summed E-state index contributed by atoms with van der Waals surface area (Å²) in [5, 5.41) is 27.2. The molecule has 0 aliphatic carbocycles. The van der Waals surface area contributed by atoms with Gasteiger partial charge in [-0.2, -0.15) is 5.10 Å². The lowest BCUT2D eigenvalue weighted by molar-refractivity contribution is -0.384. The van der Waals surface area contributed by atoms with E-state index in [9.17, 15) is 14.9 Å². The standard InChI is InChI=1S/C13H22N4O4/c1-8(2)16-12(11(17(20)21)10(4)15-16)14-7-5-6-9(3)13(18)19/h8-9,14H,5-7H2,1-4H3,(H,18,19). The second-order valence-corrected chi connectivity index (χ2v) is 5.39. The summed E-state index contributed by atoms with van der Waals surface area (Å²) in [6.07, 6.45) is 1.14. The van der Waals surface area contributed by atoms with Gasteiger partial charge in [-0.15, -0.1) is 0 Å². The minimum atomic E-state index is -0.830. The molecule has 0 radical (unpaired) electrons. The molecule has 0 saturated carbocycles. The maximum atomic E-state index is 11.1. The van der Waals surface area contributed by atoms with E-state index in [4.69, 9.17) is 5.11 Å². The second kappa shape index (κ2) is 7.05. The van der Waals surface area contributed by atoms with Crippen LogP contribution in [0.3, 0.4) is 0 Å². The second-order valence-electron chi connectivity index (χ2n) is 5.39. The van der Waals surface area contributed by atoms with Crippen LogP contribution in [0, 0.1) is 23.0 Å². The zero-order valence-corrected chi connectivity index (χ0v) is 12.8. The van der Waals surface area contributed by atoms with Gasteiger partial charge in [0.1, 0.15) is 5.69 Å². The lowest BCUT2D eigenvalue weighted by Crippen LogP contribution is -2.14. The minimum absolute atomic E-state index is 0.00200. The quantitative estimate of drug-likeness (QED) is 0.433. The Morgan fingerprint density at radius 2 is 2.10 bits per heavy atom. The summed E-state index contributed by atoms with van der Waals surface area (Å²) in [5.41, 5.74) is 0.352. The van der Waals surface area contributed by atoms with E-state index in [-0.39, 0.29) is 11.7 Å². The van der Waals surface area contributed by atoms with Crippen LogP contribution in [0.1, 0.15) is 45.3 Å². The average molecular weight is 298 g/mol. The maximum absolute atomic E-state index is 11.1. The van der Waals surface area contributed by atoms with E-state index >= 15 is 0 Å². The third kappa shape index (κ3) is 4.17. The van der Waals surface area contributed by atoms with Gasteiger partial charge in [0.15, 0.2) is 0 Å². The van der Waals surface area contributed by atoms with Crippen LogP contribution in [-0.4, -0.2) is 32.3 Å². The largest absolute Gasteiger partial charge is 0.481 e. The molecule has 8 heteroatoms. The Morgan fingerprint density at radius 3 is 2.57 bits per heavy atom. The molecule has 0 spiro atoms. The fourth-order valence-corrected chi connectivity index (χ4v) is 2.03. The number of aryl methyl sites for hydroxylation is 1. The molecule has 0 aliphatic heterocycles. The number of carboxylic acid groups (broad SMARTS) is 1. The first-order valence-electron chi connectivity index (χ1n) is 6.95. The van der Waals surface area contributed by atoms with Gasteiger partial charge in [-0.1, -0.05) is 6.92 Å². The van der Waals surface area contributed by atoms with Crippen molar-refractivity contribution in [3.05, 3.63) is 15.8 Å². The average Bonchev–Trinajstić information content (AvgIpc) is 2.71. The highest BCUT2D eigenvalue weighted by atomic mass is 16.6. The van der Waals surface area contributed by atoms with Gasteiger partial charge in [0.2, 0.25) is 5.82 Å². The van der Waals surface area contributed by atoms with Crippen molar-refractivity contribution in [1.29, 1.82) is 0 Å². The van der Waals surface area contributed by atoms with Crippen LogP contribution in [-0.2, 0) is 4.79 Å². The summed E-state index contributed by atoms with van der Waals surface area (Å²) in [7, 11) is 0. The molecular formula is C13H22N4O4. The van der Waals surface area contributed by atoms with E-state index < -0.39 is 16.8 Å². The molecule has 0 amide bonds. The van der Waals surface area contributed by atoms with Gasteiger partial charge in [0.25, 0.3) is 0 Å². The molecule has 1 aromatic rings.